The summed E-state index contributed by atoms with van der Waals surface area (Å²) in [4.78, 5) is 0. The van der Waals surface area contributed by atoms with Crippen LogP contribution in [0.1, 0.15) is 22.7 Å². The van der Waals surface area contributed by atoms with Gasteiger partial charge in [-0.05, 0) is 31.5 Å². The number of likely N-dealkylation sites (N-methyl/N-ethyl adjacent to an activating group) is 1. The molecule has 100 valence electrons. The van der Waals surface area contributed by atoms with Gasteiger partial charge in [0.2, 0.25) is 0 Å². The van der Waals surface area contributed by atoms with E-state index >= 15 is 0 Å². The van der Waals surface area contributed by atoms with E-state index in [1.807, 2.05) is 30.3 Å². The zero-order valence-electron chi connectivity index (χ0n) is 11.1. The van der Waals surface area contributed by atoms with E-state index in [2.05, 4.69) is 5.32 Å². The van der Waals surface area contributed by atoms with Crippen LogP contribution < -0.4 is 5.32 Å². The van der Waals surface area contributed by atoms with E-state index in [4.69, 9.17) is 0 Å². The van der Waals surface area contributed by atoms with E-state index in [1.165, 1.54) is 0 Å². The first-order chi connectivity index (χ1) is 9.13. The van der Waals surface area contributed by atoms with Crippen LogP contribution in [0.2, 0.25) is 0 Å². The second kappa shape index (κ2) is 5.93. The Balaban J connectivity index is 2.30. The maximum absolute atomic E-state index is 14.0. The molecular weight excluding hydrogens is 244 g/mol. The summed E-state index contributed by atoms with van der Waals surface area (Å²) < 4.78 is 27.6. The fourth-order valence-corrected chi connectivity index (χ4v) is 2.15. The van der Waals surface area contributed by atoms with E-state index < -0.39 is 11.6 Å². The molecular formula is C16H17F2N. The van der Waals surface area contributed by atoms with Crippen LogP contribution in [-0.2, 0) is 6.42 Å². The van der Waals surface area contributed by atoms with Gasteiger partial charge in [-0.25, -0.2) is 8.78 Å². The van der Waals surface area contributed by atoms with Crippen LogP contribution >= 0.6 is 0 Å². The Hall–Kier alpha value is -1.74. The smallest absolute Gasteiger partial charge is 0.163 e. The zero-order chi connectivity index (χ0) is 13.8. The summed E-state index contributed by atoms with van der Waals surface area (Å²) in [6.07, 6.45) is 0.622. The average molecular weight is 261 g/mol. The molecule has 0 aliphatic carbocycles. The molecule has 0 fully saturated rings. The van der Waals surface area contributed by atoms with E-state index in [1.54, 1.807) is 26.1 Å². The van der Waals surface area contributed by atoms with Crippen molar-refractivity contribution in [3.8, 4) is 0 Å². The molecule has 1 atom stereocenters. The molecule has 3 heteroatoms. The number of nitrogens with one attached hydrogen (secondary N) is 1. The molecule has 19 heavy (non-hydrogen) atoms. The van der Waals surface area contributed by atoms with Crippen molar-refractivity contribution < 1.29 is 8.78 Å². The molecule has 2 aromatic carbocycles. The monoisotopic (exact) mass is 261 g/mol. The third kappa shape index (κ3) is 2.99. The largest absolute Gasteiger partial charge is 0.313 e. The second-order valence-corrected chi connectivity index (χ2v) is 4.63. The summed E-state index contributed by atoms with van der Waals surface area (Å²) in [6, 6.07) is 12.8. The lowest BCUT2D eigenvalue weighted by Gasteiger charge is -2.18. The lowest BCUT2D eigenvalue weighted by molar-refractivity contribution is 0.469. The standard InChI is InChI=1S/C16H17F2N/c1-11-8-9-13(16(18)15(11)17)14(19-2)10-12-6-4-3-5-7-12/h3-9,14,19H,10H2,1-2H3. The van der Waals surface area contributed by atoms with E-state index in [0.717, 1.165) is 5.56 Å². The minimum atomic E-state index is -0.759. The van der Waals surface area contributed by atoms with Crippen LogP contribution in [0.15, 0.2) is 42.5 Å². The zero-order valence-corrected chi connectivity index (χ0v) is 11.1. The normalized spacial score (nSPS) is 12.4. The Morgan fingerprint density at radius 3 is 2.32 bits per heavy atom. The van der Waals surface area contributed by atoms with Crippen molar-refractivity contribution in [3.05, 3.63) is 70.8 Å². The summed E-state index contributed by atoms with van der Waals surface area (Å²) >= 11 is 0. The van der Waals surface area contributed by atoms with Crippen molar-refractivity contribution in [1.82, 2.24) is 5.32 Å². The van der Waals surface area contributed by atoms with Gasteiger partial charge in [0.05, 0.1) is 0 Å². The van der Waals surface area contributed by atoms with Crippen molar-refractivity contribution in [2.24, 2.45) is 0 Å². The van der Waals surface area contributed by atoms with Gasteiger partial charge in [0.1, 0.15) is 0 Å². The molecule has 0 radical (unpaired) electrons. The van der Waals surface area contributed by atoms with Crippen LogP contribution in [0, 0.1) is 18.6 Å². The quantitative estimate of drug-likeness (QED) is 0.883. The highest BCUT2D eigenvalue weighted by Crippen LogP contribution is 2.24. The Morgan fingerprint density at radius 2 is 1.68 bits per heavy atom. The van der Waals surface area contributed by atoms with Gasteiger partial charge in [-0.2, -0.15) is 0 Å². The highest BCUT2D eigenvalue weighted by molar-refractivity contribution is 5.29. The number of rotatable bonds is 4. The topological polar surface area (TPSA) is 12.0 Å². The number of hydrogen-bond donors (Lipinski definition) is 1. The van der Waals surface area contributed by atoms with Gasteiger partial charge >= 0.3 is 0 Å². The predicted octanol–water partition coefficient (Wildman–Crippen LogP) is 3.78. The van der Waals surface area contributed by atoms with Crippen LogP contribution in [0.5, 0.6) is 0 Å². The molecule has 0 aliphatic heterocycles. The first kappa shape index (κ1) is 13.7. The first-order valence-corrected chi connectivity index (χ1v) is 6.29. The minimum absolute atomic E-state index is 0.238. The number of halogens is 2. The van der Waals surface area contributed by atoms with Crippen LogP contribution in [0.4, 0.5) is 8.78 Å². The molecule has 1 nitrogen and oxygen atoms in total. The lowest BCUT2D eigenvalue weighted by atomic mass is 9.97. The molecule has 0 amide bonds. The highest BCUT2D eigenvalue weighted by Gasteiger charge is 2.18. The van der Waals surface area contributed by atoms with Gasteiger partial charge in [0, 0.05) is 11.6 Å². The molecule has 0 aromatic heterocycles. The Bertz CT molecular complexity index is 552. The van der Waals surface area contributed by atoms with E-state index in [9.17, 15) is 8.78 Å². The first-order valence-electron chi connectivity index (χ1n) is 6.29. The van der Waals surface area contributed by atoms with E-state index in [0.29, 0.717) is 17.5 Å². The SMILES string of the molecule is CNC(Cc1ccccc1)c1ccc(C)c(F)c1F. The molecule has 0 saturated heterocycles. The third-order valence-electron chi connectivity index (χ3n) is 3.31. The van der Waals surface area contributed by atoms with Crippen molar-refractivity contribution in [3.63, 3.8) is 0 Å². The maximum Gasteiger partial charge on any atom is 0.163 e. The van der Waals surface area contributed by atoms with Gasteiger partial charge in [-0.3, -0.25) is 0 Å². The van der Waals surface area contributed by atoms with Gasteiger partial charge in [0.25, 0.3) is 0 Å². The fourth-order valence-electron chi connectivity index (χ4n) is 2.15. The molecule has 1 unspecified atom stereocenters. The van der Waals surface area contributed by atoms with Crippen molar-refractivity contribution in [1.29, 1.82) is 0 Å². The predicted molar refractivity (Wildman–Crippen MR) is 73.0 cm³/mol. The number of hydrogen-bond acceptors (Lipinski definition) is 1. The molecule has 2 aromatic rings. The van der Waals surface area contributed by atoms with Gasteiger partial charge in [-0.15, -0.1) is 0 Å². The summed E-state index contributed by atoms with van der Waals surface area (Å²) in [5.41, 5.74) is 1.78. The van der Waals surface area contributed by atoms with Crippen LogP contribution in [0.25, 0.3) is 0 Å². The second-order valence-electron chi connectivity index (χ2n) is 4.63. The third-order valence-corrected chi connectivity index (χ3v) is 3.31. The molecule has 0 spiro atoms. The highest BCUT2D eigenvalue weighted by atomic mass is 19.2. The molecule has 0 heterocycles. The molecule has 0 saturated carbocycles. The summed E-state index contributed by atoms with van der Waals surface area (Å²) in [6.45, 7) is 1.56. The van der Waals surface area contributed by atoms with Crippen molar-refractivity contribution in [2.75, 3.05) is 7.05 Å². The van der Waals surface area contributed by atoms with E-state index in [-0.39, 0.29) is 6.04 Å². The number of benzene rings is 2. The molecule has 2 rings (SSSR count). The molecule has 1 N–H and O–H groups in total. The molecule has 0 bridgehead atoms. The summed E-state index contributed by atoms with van der Waals surface area (Å²) in [7, 11) is 1.75. The Labute approximate surface area is 112 Å². The number of aryl methyl sites for hydroxylation is 1. The Morgan fingerprint density at radius 1 is 1.00 bits per heavy atom. The minimum Gasteiger partial charge on any atom is -0.313 e. The van der Waals surface area contributed by atoms with Gasteiger partial charge in [-0.1, -0.05) is 42.5 Å². The Kier molecular flexibility index (Phi) is 4.27. The summed E-state index contributed by atoms with van der Waals surface area (Å²) in [5.74, 6) is -1.51. The van der Waals surface area contributed by atoms with Crippen molar-refractivity contribution in [2.45, 2.75) is 19.4 Å². The van der Waals surface area contributed by atoms with Crippen LogP contribution in [0.3, 0.4) is 0 Å². The van der Waals surface area contributed by atoms with Gasteiger partial charge < -0.3 is 5.32 Å². The molecule has 0 aliphatic rings. The van der Waals surface area contributed by atoms with Crippen molar-refractivity contribution >= 4 is 0 Å². The lowest BCUT2D eigenvalue weighted by Crippen LogP contribution is -2.20. The summed E-state index contributed by atoms with van der Waals surface area (Å²) in [5, 5.41) is 3.05. The van der Waals surface area contributed by atoms with Crippen LogP contribution in [-0.4, -0.2) is 7.05 Å². The maximum atomic E-state index is 14.0. The average Bonchev–Trinajstić information content (AvgIpc) is 2.44. The fraction of sp³-hybridized carbons (Fsp3) is 0.250. The van der Waals surface area contributed by atoms with Gasteiger partial charge in [0.15, 0.2) is 11.6 Å².